The summed E-state index contributed by atoms with van der Waals surface area (Å²) < 4.78 is 0. The van der Waals surface area contributed by atoms with Gasteiger partial charge in [-0.1, -0.05) is 12.1 Å². The van der Waals surface area contributed by atoms with Gasteiger partial charge in [-0.25, -0.2) is 0 Å². The molecule has 0 N–H and O–H groups in total. The second-order valence-corrected chi connectivity index (χ2v) is 3.64. The Morgan fingerprint density at radius 2 is 1.40 bits per heavy atom. The van der Waals surface area contributed by atoms with E-state index in [2.05, 4.69) is 29.0 Å². The molecule has 0 spiro atoms. The second-order valence-electron chi connectivity index (χ2n) is 3.64. The van der Waals surface area contributed by atoms with E-state index in [0.29, 0.717) is 0 Å². The lowest BCUT2D eigenvalue weighted by molar-refractivity contribution is 1.37. The molecule has 0 fully saturated rings. The number of aryl methyl sites for hydroxylation is 1. The van der Waals surface area contributed by atoms with Crippen molar-refractivity contribution < 1.29 is 0 Å². The Morgan fingerprint density at radius 1 is 0.867 bits per heavy atom. The van der Waals surface area contributed by atoms with Crippen LogP contribution in [-0.2, 0) is 0 Å². The molecule has 0 radical (unpaired) electrons. The van der Waals surface area contributed by atoms with E-state index in [1.54, 1.807) is 0 Å². The van der Waals surface area contributed by atoms with Gasteiger partial charge >= 0.3 is 0 Å². The Morgan fingerprint density at radius 3 is 1.93 bits per heavy atom. The van der Waals surface area contributed by atoms with Gasteiger partial charge in [-0.05, 0) is 30.7 Å². The van der Waals surface area contributed by atoms with Crippen LogP contribution in [0.5, 0.6) is 0 Å². The summed E-state index contributed by atoms with van der Waals surface area (Å²) in [5.74, 6) is 0. The number of pyridine rings is 2. The van der Waals surface area contributed by atoms with Crippen molar-refractivity contribution in [3.63, 3.8) is 0 Å². The van der Waals surface area contributed by atoms with Gasteiger partial charge in [0.2, 0.25) is 0 Å². The summed E-state index contributed by atoms with van der Waals surface area (Å²) >= 11 is 0. The molecule has 2 aromatic heterocycles. The van der Waals surface area contributed by atoms with Crippen molar-refractivity contribution in [2.45, 2.75) is 6.92 Å². The molecule has 0 unspecified atom stereocenters. The molecule has 0 aliphatic rings. The lowest BCUT2D eigenvalue weighted by Crippen LogP contribution is -1.86. The average Bonchev–Trinajstić information content (AvgIpc) is 2.30. The maximum Gasteiger partial charge on any atom is 0.0726 e. The third-order valence-electron chi connectivity index (χ3n) is 2.76. The summed E-state index contributed by atoms with van der Waals surface area (Å²) in [7, 11) is 0. The minimum Gasteiger partial charge on any atom is -0.256 e. The zero-order valence-corrected chi connectivity index (χ0v) is 8.44. The SMILES string of the molecule is Cc1c2cccnc2cc2ncccc12. The topological polar surface area (TPSA) is 25.8 Å². The van der Waals surface area contributed by atoms with Crippen LogP contribution in [0.1, 0.15) is 5.56 Å². The van der Waals surface area contributed by atoms with E-state index < -0.39 is 0 Å². The lowest BCUT2D eigenvalue weighted by Gasteiger charge is -2.05. The minimum atomic E-state index is 1.02. The molecule has 0 atom stereocenters. The van der Waals surface area contributed by atoms with Crippen molar-refractivity contribution in [3.8, 4) is 0 Å². The first-order valence-electron chi connectivity index (χ1n) is 4.95. The highest BCUT2D eigenvalue weighted by molar-refractivity contribution is 5.98. The van der Waals surface area contributed by atoms with Crippen LogP contribution in [-0.4, -0.2) is 9.97 Å². The van der Waals surface area contributed by atoms with E-state index in [1.165, 1.54) is 16.3 Å². The fourth-order valence-electron chi connectivity index (χ4n) is 1.97. The molecule has 2 heterocycles. The van der Waals surface area contributed by atoms with Gasteiger partial charge in [-0.3, -0.25) is 9.97 Å². The van der Waals surface area contributed by atoms with E-state index in [1.807, 2.05) is 30.6 Å². The Hall–Kier alpha value is -1.96. The summed E-state index contributed by atoms with van der Waals surface area (Å²) in [6.45, 7) is 2.12. The molecule has 3 aromatic rings. The van der Waals surface area contributed by atoms with Crippen molar-refractivity contribution in [3.05, 3.63) is 48.3 Å². The zero-order valence-electron chi connectivity index (χ0n) is 8.44. The third kappa shape index (κ3) is 1.18. The molecule has 0 saturated heterocycles. The Kier molecular flexibility index (Phi) is 1.68. The predicted octanol–water partition coefficient (Wildman–Crippen LogP) is 3.09. The quantitative estimate of drug-likeness (QED) is 0.514. The van der Waals surface area contributed by atoms with Crippen LogP contribution in [0.4, 0.5) is 0 Å². The van der Waals surface area contributed by atoms with Gasteiger partial charge in [0.25, 0.3) is 0 Å². The summed E-state index contributed by atoms with van der Waals surface area (Å²) in [5, 5.41) is 2.41. The van der Waals surface area contributed by atoms with Gasteiger partial charge in [0.15, 0.2) is 0 Å². The molecule has 0 amide bonds. The molecule has 0 bridgehead atoms. The standard InChI is InChI=1S/C13H10N2/c1-9-10-4-2-6-14-12(10)8-13-11(9)5-3-7-15-13/h2-8H,1H3. The number of benzene rings is 1. The van der Waals surface area contributed by atoms with Crippen LogP contribution in [0.25, 0.3) is 21.8 Å². The highest BCUT2D eigenvalue weighted by Gasteiger charge is 2.03. The van der Waals surface area contributed by atoms with Crippen molar-refractivity contribution >= 4 is 21.8 Å². The monoisotopic (exact) mass is 194 g/mol. The Bertz CT molecular complexity index is 590. The van der Waals surface area contributed by atoms with Crippen molar-refractivity contribution in [1.82, 2.24) is 9.97 Å². The van der Waals surface area contributed by atoms with Crippen LogP contribution < -0.4 is 0 Å². The van der Waals surface area contributed by atoms with E-state index >= 15 is 0 Å². The van der Waals surface area contributed by atoms with E-state index in [4.69, 9.17) is 0 Å². The van der Waals surface area contributed by atoms with Crippen molar-refractivity contribution in [1.29, 1.82) is 0 Å². The molecule has 2 heteroatoms. The van der Waals surface area contributed by atoms with Gasteiger partial charge < -0.3 is 0 Å². The molecule has 0 saturated carbocycles. The number of aromatic nitrogens is 2. The zero-order chi connectivity index (χ0) is 10.3. The van der Waals surface area contributed by atoms with Gasteiger partial charge in [-0.15, -0.1) is 0 Å². The Labute approximate surface area is 87.6 Å². The van der Waals surface area contributed by atoms with Crippen LogP contribution in [0.2, 0.25) is 0 Å². The summed E-state index contributed by atoms with van der Waals surface area (Å²) in [4.78, 5) is 8.70. The van der Waals surface area contributed by atoms with Crippen molar-refractivity contribution in [2.24, 2.45) is 0 Å². The van der Waals surface area contributed by atoms with E-state index in [-0.39, 0.29) is 0 Å². The van der Waals surface area contributed by atoms with Crippen molar-refractivity contribution in [2.75, 3.05) is 0 Å². The maximum absolute atomic E-state index is 4.35. The van der Waals surface area contributed by atoms with Crippen LogP contribution in [0.15, 0.2) is 42.7 Å². The molecular weight excluding hydrogens is 184 g/mol. The smallest absolute Gasteiger partial charge is 0.0726 e. The number of fused-ring (bicyclic) bond motifs is 2. The summed E-state index contributed by atoms with van der Waals surface area (Å²) in [6.07, 6.45) is 3.63. The molecule has 0 aliphatic heterocycles. The fraction of sp³-hybridized carbons (Fsp3) is 0.0769. The van der Waals surface area contributed by atoms with E-state index in [9.17, 15) is 0 Å². The van der Waals surface area contributed by atoms with Crippen LogP contribution in [0.3, 0.4) is 0 Å². The number of rotatable bonds is 0. The Balaban J connectivity index is 2.60. The molecule has 3 rings (SSSR count). The molecule has 2 nitrogen and oxygen atoms in total. The maximum atomic E-state index is 4.35. The number of hydrogen-bond donors (Lipinski definition) is 0. The van der Waals surface area contributed by atoms with Gasteiger partial charge in [0, 0.05) is 23.2 Å². The first-order valence-corrected chi connectivity index (χ1v) is 4.95. The minimum absolute atomic E-state index is 1.02. The first kappa shape index (κ1) is 8.36. The molecular formula is C13H10N2. The first-order chi connectivity index (χ1) is 7.36. The number of nitrogens with zero attached hydrogens (tertiary/aromatic N) is 2. The van der Waals surface area contributed by atoms with E-state index in [0.717, 1.165) is 11.0 Å². The van der Waals surface area contributed by atoms with Crippen LogP contribution in [0, 0.1) is 6.92 Å². The normalized spacial score (nSPS) is 11.0. The summed E-state index contributed by atoms with van der Waals surface area (Å²) in [5.41, 5.74) is 3.28. The fourth-order valence-corrected chi connectivity index (χ4v) is 1.97. The third-order valence-corrected chi connectivity index (χ3v) is 2.76. The largest absolute Gasteiger partial charge is 0.256 e. The average molecular weight is 194 g/mol. The molecule has 0 aliphatic carbocycles. The van der Waals surface area contributed by atoms with Gasteiger partial charge in [-0.2, -0.15) is 0 Å². The van der Waals surface area contributed by atoms with Gasteiger partial charge in [0.1, 0.15) is 0 Å². The molecule has 72 valence electrons. The lowest BCUT2D eigenvalue weighted by atomic mass is 10.0. The molecule has 1 aromatic carbocycles. The predicted molar refractivity (Wildman–Crippen MR) is 61.8 cm³/mol. The highest BCUT2D eigenvalue weighted by Crippen LogP contribution is 2.24. The number of hydrogen-bond acceptors (Lipinski definition) is 2. The second kappa shape index (κ2) is 3.02. The summed E-state index contributed by atoms with van der Waals surface area (Å²) in [6, 6.07) is 10.2. The molecule has 15 heavy (non-hydrogen) atoms. The van der Waals surface area contributed by atoms with Gasteiger partial charge in [0.05, 0.1) is 11.0 Å². The highest BCUT2D eigenvalue weighted by atomic mass is 14.7. The van der Waals surface area contributed by atoms with Crippen LogP contribution >= 0.6 is 0 Å².